The van der Waals surface area contributed by atoms with Crippen LogP contribution in [0.4, 0.5) is 16.2 Å². The van der Waals surface area contributed by atoms with Gasteiger partial charge in [0.1, 0.15) is 5.82 Å². The summed E-state index contributed by atoms with van der Waals surface area (Å²) in [5.41, 5.74) is 9.35. The zero-order valence-corrected chi connectivity index (χ0v) is 15.2. The van der Waals surface area contributed by atoms with Gasteiger partial charge in [0.05, 0.1) is 30.2 Å². The summed E-state index contributed by atoms with van der Waals surface area (Å²) in [4.78, 5) is 32.7. The number of nitrogens with zero attached hydrogens (tertiary/aromatic N) is 2. The molecule has 0 radical (unpaired) electrons. The van der Waals surface area contributed by atoms with Crippen molar-refractivity contribution in [2.24, 2.45) is 5.73 Å². The standard InChI is InChI=1S/C19H21N5O3/c1-11-21-16-10-17(22-11)14(20)5-3-4-6-18(25)24-15-9-12(7-8-13(15)16)23-19(26)27-2/h3-4,7-10,14H,5-6,20H2,1-2H3,(H,23,26)(H,24,25)/b4-3+. The summed E-state index contributed by atoms with van der Waals surface area (Å²) in [6.07, 6.45) is 3.86. The van der Waals surface area contributed by atoms with Crippen molar-refractivity contribution >= 4 is 23.4 Å². The molecule has 27 heavy (non-hydrogen) atoms. The Kier molecular flexibility index (Phi) is 5.46. The second-order valence-corrected chi connectivity index (χ2v) is 6.17. The topological polar surface area (TPSA) is 119 Å². The zero-order chi connectivity index (χ0) is 19.4. The van der Waals surface area contributed by atoms with Crippen LogP contribution in [0.1, 0.15) is 30.4 Å². The summed E-state index contributed by atoms with van der Waals surface area (Å²) in [5.74, 6) is 0.413. The van der Waals surface area contributed by atoms with Gasteiger partial charge in [0, 0.05) is 17.7 Å². The molecule has 1 aliphatic heterocycles. The number of nitrogens with two attached hydrogens (primary N) is 1. The summed E-state index contributed by atoms with van der Waals surface area (Å²) in [6, 6.07) is 6.69. The maximum absolute atomic E-state index is 12.3. The number of carbonyl (C=O) groups excluding carboxylic acids is 2. The van der Waals surface area contributed by atoms with Crippen LogP contribution in [0.5, 0.6) is 0 Å². The van der Waals surface area contributed by atoms with Gasteiger partial charge in [0.15, 0.2) is 0 Å². The quantitative estimate of drug-likeness (QED) is 0.667. The normalized spacial score (nSPS) is 17.6. The Labute approximate surface area is 156 Å². The molecule has 2 aromatic rings. The molecule has 4 N–H and O–H groups in total. The number of fused-ring (bicyclic) bond motifs is 4. The van der Waals surface area contributed by atoms with Gasteiger partial charge in [-0.15, -0.1) is 0 Å². The first-order chi connectivity index (χ1) is 13.0. The number of carbonyl (C=O) groups is 2. The predicted molar refractivity (Wildman–Crippen MR) is 102 cm³/mol. The SMILES string of the molecule is COC(=O)Nc1ccc2c(c1)NC(=O)C/C=C/CC(N)c1cc-2nc(C)n1. The Balaban J connectivity index is 2.12. The van der Waals surface area contributed by atoms with Crippen molar-refractivity contribution in [2.45, 2.75) is 25.8 Å². The molecule has 1 aromatic carbocycles. The van der Waals surface area contributed by atoms with Gasteiger partial charge in [-0.3, -0.25) is 10.1 Å². The molecular formula is C19H21N5O3. The van der Waals surface area contributed by atoms with Crippen LogP contribution in [0.3, 0.4) is 0 Å². The van der Waals surface area contributed by atoms with E-state index in [2.05, 4.69) is 25.3 Å². The molecule has 1 unspecified atom stereocenters. The summed E-state index contributed by atoms with van der Waals surface area (Å²) in [5, 5.41) is 5.46. The van der Waals surface area contributed by atoms with E-state index < -0.39 is 6.09 Å². The molecule has 2 amide bonds. The molecule has 1 aromatic heterocycles. The van der Waals surface area contributed by atoms with Crippen LogP contribution in [0.15, 0.2) is 36.4 Å². The number of benzene rings is 1. The fraction of sp³-hybridized carbons (Fsp3) is 0.263. The molecule has 1 aliphatic rings. The molecule has 3 rings (SSSR count). The monoisotopic (exact) mass is 367 g/mol. The molecule has 0 spiro atoms. The number of rotatable bonds is 1. The van der Waals surface area contributed by atoms with Gasteiger partial charge >= 0.3 is 6.09 Å². The second-order valence-electron chi connectivity index (χ2n) is 6.17. The van der Waals surface area contributed by atoms with Crippen molar-refractivity contribution in [3.63, 3.8) is 0 Å². The lowest BCUT2D eigenvalue weighted by Gasteiger charge is -2.16. The third-order valence-corrected chi connectivity index (χ3v) is 4.10. The van der Waals surface area contributed by atoms with Crippen LogP contribution in [-0.2, 0) is 9.53 Å². The number of ether oxygens (including phenoxy) is 1. The number of aromatic nitrogens is 2. The van der Waals surface area contributed by atoms with Gasteiger partial charge < -0.3 is 15.8 Å². The van der Waals surface area contributed by atoms with Gasteiger partial charge in [-0.2, -0.15) is 0 Å². The minimum Gasteiger partial charge on any atom is -0.453 e. The molecule has 0 saturated carbocycles. The van der Waals surface area contributed by atoms with Crippen molar-refractivity contribution in [2.75, 3.05) is 17.7 Å². The highest BCUT2D eigenvalue weighted by atomic mass is 16.5. The fourth-order valence-electron chi connectivity index (χ4n) is 2.79. The lowest BCUT2D eigenvalue weighted by Crippen LogP contribution is -2.16. The minimum atomic E-state index is -0.594. The summed E-state index contributed by atoms with van der Waals surface area (Å²) < 4.78 is 4.61. The van der Waals surface area contributed by atoms with Crippen LogP contribution >= 0.6 is 0 Å². The van der Waals surface area contributed by atoms with E-state index in [1.807, 2.05) is 12.1 Å². The Hall–Kier alpha value is -3.26. The second kappa shape index (κ2) is 7.96. The predicted octanol–water partition coefficient (Wildman–Crippen LogP) is 2.92. The number of amides is 2. The number of methoxy groups -OCH3 is 1. The van der Waals surface area contributed by atoms with Crippen molar-refractivity contribution < 1.29 is 14.3 Å². The average molecular weight is 367 g/mol. The van der Waals surface area contributed by atoms with Gasteiger partial charge in [0.25, 0.3) is 0 Å². The summed E-state index contributed by atoms with van der Waals surface area (Å²) >= 11 is 0. The van der Waals surface area contributed by atoms with E-state index in [4.69, 9.17) is 5.73 Å². The zero-order valence-electron chi connectivity index (χ0n) is 15.2. The maximum atomic E-state index is 12.3. The van der Waals surface area contributed by atoms with Crippen molar-refractivity contribution in [3.05, 3.63) is 47.9 Å². The lowest BCUT2D eigenvalue weighted by atomic mass is 10.0. The summed E-state index contributed by atoms with van der Waals surface area (Å²) in [7, 11) is 1.28. The molecule has 0 fully saturated rings. The minimum absolute atomic E-state index is 0.178. The number of hydrogen-bond acceptors (Lipinski definition) is 6. The lowest BCUT2D eigenvalue weighted by molar-refractivity contribution is -0.115. The van der Waals surface area contributed by atoms with Crippen LogP contribution in [0, 0.1) is 6.92 Å². The van der Waals surface area contributed by atoms with E-state index in [1.54, 1.807) is 31.2 Å². The van der Waals surface area contributed by atoms with Crippen LogP contribution in [0.25, 0.3) is 11.3 Å². The molecular weight excluding hydrogens is 346 g/mol. The molecule has 140 valence electrons. The van der Waals surface area contributed by atoms with Gasteiger partial charge in [0.2, 0.25) is 5.91 Å². The molecule has 1 atom stereocenters. The van der Waals surface area contributed by atoms with E-state index in [-0.39, 0.29) is 18.4 Å². The highest BCUT2D eigenvalue weighted by Gasteiger charge is 2.16. The van der Waals surface area contributed by atoms with E-state index in [9.17, 15) is 9.59 Å². The van der Waals surface area contributed by atoms with Crippen molar-refractivity contribution in [1.29, 1.82) is 0 Å². The van der Waals surface area contributed by atoms with E-state index >= 15 is 0 Å². The van der Waals surface area contributed by atoms with Gasteiger partial charge in [-0.1, -0.05) is 12.2 Å². The van der Waals surface area contributed by atoms with Crippen LogP contribution < -0.4 is 16.4 Å². The Morgan fingerprint density at radius 2 is 2.11 bits per heavy atom. The Morgan fingerprint density at radius 3 is 2.89 bits per heavy atom. The van der Waals surface area contributed by atoms with E-state index in [0.29, 0.717) is 34.9 Å². The number of aryl methyl sites for hydroxylation is 1. The molecule has 2 bridgehead atoms. The van der Waals surface area contributed by atoms with Crippen molar-refractivity contribution in [3.8, 4) is 11.3 Å². The third-order valence-electron chi connectivity index (χ3n) is 4.10. The first-order valence-electron chi connectivity index (χ1n) is 8.51. The smallest absolute Gasteiger partial charge is 0.411 e. The highest BCUT2D eigenvalue weighted by Crippen LogP contribution is 2.31. The largest absolute Gasteiger partial charge is 0.453 e. The first kappa shape index (κ1) is 18.5. The number of anilines is 2. The average Bonchev–Trinajstić information content (AvgIpc) is 2.64. The van der Waals surface area contributed by atoms with E-state index in [0.717, 1.165) is 5.69 Å². The summed E-state index contributed by atoms with van der Waals surface area (Å²) in [6.45, 7) is 1.80. The Morgan fingerprint density at radius 1 is 1.30 bits per heavy atom. The van der Waals surface area contributed by atoms with Crippen molar-refractivity contribution in [1.82, 2.24) is 9.97 Å². The maximum Gasteiger partial charge on any atom is 0.411 e. The van der Waals surface area contributed by atoms with E-state index in [1.165, 1.54) is 7.11 Å². The first-order valence-corrected chi connectivity index (χ1v) is 8.51. The van der Waals surface area contributed by atoms with Crippen LogP contribution in [-0.4, -0.2) is 29.1 Å². The van der Waals surface area contributed by atoms with Gasteiger partial charge in [-0.25, -0.2) is 14.8 Å². The fourth-order valence-corrected chi connectivity index (χ4v) is 2.79. The highest BCUT2D eigenvalue weighted by molar-refractivity contribution is 5.97. The molecule has 2 heterocycles. The van der Waals surface area contributed by atoms with Crippen LogP contribution in [0.2, 0.25) is 0 Å². The van der Waals surface area contributed by atoms with Gasteiger partial charge in [-0.05, 0) is 37.6 Å². The Bertz CT molecular complexity index is 910. The number of hydrogen-bond donors (Lipinski definition) is 3. The molecule has 0 aliphatic carbocycles. The number of nitrogens with one attached hydrogen (secondary N) is 2. The molecule has 8 nitrogen and oxygen atoms in total. The molecule has 0 saturated heterocycles. The third kappa shape index (κ3) is 4.48. The molecule has 8 heteroatoms.